The zero-order chi connectivity index (χ0) is 17.8. The van der Waals surface area contributed by atoms with E-state index in [9.17, 15) is 14.4 Å². The van der Waals surface area contributed by atoms with Gasteiger partial charge in [0, 0.05) is 10.6 Å². The summed E-state index contributed by atoms with van der Waals surface area (Å²) in [5, 5.41) is 4.67. The van der Waals surface area contributed by atoms with Gasteiger partial charge in [-0.05, 0) is 29.8 Å². The molecule has 0 bridgehead atoms. The van der Waals surface area contributed by atoms with Gasteiger partial charge in [-0.2, -0.15) is 0 Å². The number of barbiturate groups is 1. The molecule has 1 aliphatic heterocycles. The van der Waals surface area contributed by atoms with E-state index in [4.69, 9.17) is 16.3 Å². The second-order valence-electron chi connectivity index (χ2n) is 5.24. The number of benzene rings is 2. The monoisotopic (exact) mass is 356 g/mol. The third-order valence-corrected chi connectivity index (χ3v) is 3.86. The molecule has 25 heavy (non-hydrogen) atoms. The van der Waals surface area contributed by atoms with Gasteiger partial charge in [0.2, 0.25) is 0 Å². The van der Waals surface area contributed by atoms with Crippen LogP contribution in [-0.4, -0.2) is 17.8 Å². The molecule has 1 heterocycles. The summed E-state index contributed by atoms with van der Waals surface area (Å²) in [7, 11) is 0. The molecule has 126 valence electrons. The zero-order valence-electron chi connectivity index (χ0n) is 12.9. The van der Waals surface area contributed by atoms with Crippen LogP contribution in [0.5, 0.6) is 5.75 Å². The van der Waals surface area contributed by atoms with Crippen LogP contribution in [0.15, 0.2) is 54.1 Å². The van der Waals surface area contributed by atoms with E-state index < -0.39 is 17.8 Å². The van der Waals surface area contributed by atoms with Crippen LogP contribution in [0.3, 0.4) is 0 Å². The number of carbonyl (C=O) groups excluding carboxylic acids is 3. The molecule has 2 N–H and O–H groups in total. The van der Waals surface area contributed by atoms with Crippen LogP contribution in [0.4, 0.5) is 4.79 Å². The molecule has 1 aliphatic rings. The Morgan fingerprint density at radius 1 is 0.920 bits per heavy atom. The molecule has 0 radical (unpaired) electrons. The molecule has 2 aromatic carbocycles. The summed E-state index contributed by atoms with van der Waals surface area (Å²) < 4.78 is 5.67. The van der Waals surface area contributed by atoms with Gasteiger partial charge in [-0.25, -0.2) is 4.79 Å². The number of ether oxygens (including phenoxy) is 1. The Morgan fingerprint density at radius 2 is 1.56 bits per heavy atom. The van der Waals surface area contributed by atoms with E-state index in [-0.39, 0.29) is 5.57 Å². The minimum atomic E-state index is -0.824. The largest absolute Gasteiger partial charge is 0.489 e. The Morgan fingerprint density at radius 3 is 2.20 bits per heavy atom. The predicted molar refractivity (Wildman–Crippen MR) is 91.9 cm³/mol. The number of hydrogen-bond donors (Lipinski definition) is 2. The molecule has 2 aromatic rings. The van der Waals surface area contributed by atoms with E-state index in [1.54, 1.807) is 30.3 Å². The number of carbonyl (C=O) groups is 3. The summed E-state index contributed by atoms with van der Waals surface area (Å²) in [6.07, 6.45) is 1.40. The molecule has 0 saturated carbocycles. The highest BCUT2D eigenvalue weighted by Crippen LogP contribution is 2.20. The molecule has 0 aliphatic carbocycles. The number of imide groups is 2. The fourth-order valence-corrected chi connectivity index (χ4v) is 2.40. The Bertz CT molecular complexity index is 853. The quantitative estimate of drug-likeness (QED) is 0.651. The van der Waals surface area contributed by atoms with Crippen LogP contribution in [0.2, 0.25) is 5.02 Å². The van der Waals surface area contributed by atoms with Crippen molar-refractivity contribution in [3.05, 3.63) is 70.3 Å². The van der Waals surface area contributed by atoms with E-state index in [0.29, 0.717) is 22.9 Å². The second-order valence-corrected chi connectivity index (χ2v) is 5.65. The number of nitrogens with one attached hydrogen (secondary N) is 2. The van der Waals surface area contributed by atoms with Crippen LogP contribution in [-0.2, 0) is 16.2 Å². The molecule has 0 unspecified atom stereocenters. The Labute approximate surface area is 148 Å². The number of amides is 4. The standard InChI is InChI=1S/C18H13ClN2O4/c19-15-4-2-1-3-12(15)10-25-13-7-5-11(6-8-13)9-14-16(22)20-18(24)21-17(14)23/h1-9H,10H2,(H2,20,21,22,23,24). The second kappa shape index (κ2) is 7.19. The van der Waals surface area contributed by atoms with E-state index in [1.165, 1.54) is 6.08 Å². The third-order valence-electron chi connectivity index (χ3n) is 3.49. The maximum absolute atomic E-state index is 11.7. The number of urea groups is 1. The van der Waals surface area contributed by atoms with Gasteiger partial charge in [0.05, 0.1) is 0 Å². The van der Waals surface area contributed by atoms with Gasteiger partial charge in [-0.1, -0.05) is 41.9 Å². The summed E-state index contributed by atoms with van der Waals surface area (Å²) in [6.45, 7) is 0.326. The van der Waals surface area contributed by atoms with E-state index >= 15 is 0 Å². The zero-order valence-corrected chi connectivity index (χ0v) is 13.7. The molecule has 0 atom stereocenters. The lowest BCUT2D eigenvalue weighted by Gasteiger charge is -2.14. The van der Waals surface area contributed by atoms with Gasteiger partial charge in [-0.3, -0.25) is 20.2 Å². The summed E-state index contributed by atoms with van der Waals surface area (Å²) in [6, 6.07) is 13.4. The minimum Gasteiger partial charge on any atom is -0.489 e. The first-order valence-corrected chi connectivity index (χ1v) is 7.75. The van der Waals surface area contributed by atoms with Crippen molar-refractivity contribution in [2.45, 2.75) is 6.61 Å². The summed E-state index contributed by atoms with van der Waals surface area (Å²) in [5.41, 5.74) is 1.36. The molecule has 6 nitrogen and oxygen atoms in total. The van der Waals surface area contributed by atoms with Crippen molar-refractivity contribution in [3.63, 3.8) is 0 Å². The Kier molecular flexibility index (Phi) is 4.81. The van der Waals surface area contributed by atoms with Crippen molar-refractivity contribution >= 4 is 35.5 Å². The van der Waals surface area contributed by atoms with Gasteiger partial charge < -0.3 is 4.74 Å². The predicted octanol–water partition coefficient (Wildman–Crippen LogP) is 2.67. The molecular formula is C18H13ClN2O4. The van der Waals surface area contributed by atoms with Crippen LogP contribution < -0.4 is 15.4 Å². The van der Waals surface area contributed by atoms with Gasteiger partial charge in [-0.15, -0.1) is 0 Å². The maximum atomic E-state index is 11.7. The Hall–Kier alpha value is -3.12. The summed E-state index contributed by atoms with van der Waals surface area (Å²) in [5.74, 6) is -0.838. The summed E-state index contributed by atoms with van der Waals surface area (Å²) in [4.78, 5) is 34.4. The molecule has 0 spiro atoms. The summed E-state index contributed by atoms with van der Waals surface area (Å²) >= 11 is 6.07. The lowest BCUT2D eigenvalue weighted by molar-refractivity contribution is -0.123. The number of rotatable bonds is 4. The molecule has 7 heteroatoms. The first-order valence-electron chi connectivity index (χ1n) is 7.37. The van der Waals surface area contributed by atoms with Crippen molar-refractivity contribution in [2.24, 2.45) is 0 Å². The average molecular weight is 357 g/mol. The van der Waals surface area contributed by atoms with Crippen molar-refractivity contribution in [1.29, 1.82) is 0 Å². The molecule has 1 saturated heterocycles. The van der Waals surface area contributed by atoms with Gasteiger partial charge in [0.1, 0.15) is 17.9 Å². The van der Waals surface area contributed by atoms with E-state index in [0.717, 1.165) is 5.56 Å². The lowest BCUT2D eigenvalue weighted by Crippen LogP contribution is -2.51. The van der Waals surface area contributed by atoms with Crippen LogP contribution in [0.25, 0.3) is 6.08 Å². The van der Waals surface area contributed by atoms with E-state index in [2.05, 4.69) is 0 Å². The van der Waals surface area contributed by atoms with E-state index in [1.807, 2.05) is 28.8 Å². The first-order chi connectivity index (χ1) is 12.0. The van der Waals surface area contributed by atoms with Crippen molar-refractivity contribution in [1.82, 2.24) is 10.6 Å². The fraction of sp³-hybridized carbons (Fsp3) is 0.0556. The Balaban J connectivity index is 1.69. The first kappa shape index (κ1) is 16.7. The van der Waals surface area contributed by atoms with Gasteiger partial charge >= 0.3 is 6.03 Å². The fourth-order valence-electron chi connectivity index (χ4n) is 2.21. The molecular weight excluding hydrogens is 344 g/mol. The molecule has 1 fully saturated rings. The van der Waals surface area contributed by atoms with Crippen molar-refractivity contribution in [3.8, 4) is 5.75 Å². The maximum Gasteiger partial charge on any atom is 0.328 e. The molecule has 4 amide bonds. The lowest BCUT2D eigenvalue weighted by atomic mass is 10.1. The number of halogens is 1. The van der Waals surface area contributed by atoms with Crippen molar-refractivity contribution < 1.29 is 19.1 Å². The average Bonchev–Trinajstić information content (AvgIpc) is 2.58. The highest BCUT2D eigenvalue weighted by atomic mass is 35.5. The van der Waals surface area contributed by atoms with Crippen molar-refractivity contribution in [2.75, 3.05) is 0 Å². The highest BCUT2D eigenvalue weighted by molar-refractivity contribution is 6.31. The van der Waals surface area contributed by atoms with Crippen LogP contribution >= 0.6 is 11.6 Å². The van der Waals surface area contributed by atoms with Crippen LogP contribution in [0.1, 0.15) is 11.1 Å². The SMILES string of the molecule is O=C1NC(=O)C(=Cc2ccc(OCc3ccccc3Cl)cc2)C(=O)N1. The topological polar surface area (TPSA) is 84.5 Å². The van der Waals surface area contributed by atoms with Gasteiger partial charge in [0.15, 0.2) is 0 Å². The molecule has 0 aromatic heterocycles. The third kappa shape index (κ3) is 4.05. The number of hydrogen-bond acceptors (Lipinski definition) is 4. The minimum absolute atomic E-state index is 0.135. The highest BCUT2D eigenvalue weighted by Gasteiger charge is 2.27. The van der Waals surface area contributed by atoms with Gasteiger partial charge in [0.25, 0.3) is 11.8 Å². The molecule has 3 rings (SSSR count). The van der Waals surface area contributed by atoms with Crippen LogP contribution in [0, 0.1) is 0 Å². The smallest absolute Gasteiger partial charge is 0.328 e. The normalized spacial score (nSPS) is 14.0.